The van der Waals surface area contributed by atoms with Gasteiger partial charge in [0.2, 0.25) is 0 Å². The smallest absolute Gasteiger partial charge is 0.0644 e. The van der Waals surface area contributed by atoms with Crippen molar-refractivity contribution in [3.63, 3.8) is 0 Å². The number of methoxy groups -OCH3 is 2. The lowest BCUT2D eigenvalue weighted by Gasteiger charge is -2.49. The average Bonchev–Trinajstić information content (AvgIpc) is 2.69. The molecule has 0 aromatic rings. The van der Waals surface area contributed by atoms with E-state index in [4.69, 9.17) is 9.47 Å². The lowest BCUT2D eigenvalue weighted by molar-refractivity contribution is 0.0105. The van der Waals surface area contributed by atoms with Gasteiger partial charge in [0.15, 0.2) is 0 Å². The molecule has 0 spiro atoms. The molecule has 4 nitrogen and oxygen atoms in total. The minimum Gasteiger partial charge on any atom is -0.383 e. The van der Waals surface area contributed by atoms with Crippen LogP contribution in [-0.2, 0) is 9.47 Å². The van der Waals surface area contributed by atoms with Gasteiger partial charge in [-0.25, -0.2) is 0 Å². The summed E-state index contributed by atoms with van der Waals surface area (Å²) >= 11 is 0. The minimum absolute atomic E-state index is 0.243. The Morgan fingerprint density at radius 2 is 1.39 bits per heavy atom. The van der Waals surface area contributed by atoms with Gasteiger partial charge in [-0.3, -0.25) is 0 Å². The Labute approximate surface area is 173 Å². The average molecular weight is 395 g/mol. The van der Waals surface area contributed by atoms with Crippen LogP contribution in [-0.4, -0.2) is 51.6 Å². The monoisotopic (exact) mass is 394 g/mol. The Hall–Kier alpha value is -0.160. The predicted molar refractivity (Wildman–Crippen MR) is 117 cm³/mol. The van der Waals surface area contributed by atoms with Gasteiger partial charge >= 0.3 is 0 Å². The van der Waals surface area contributed by atoms with Crippen LogP contribution in [0, 0.1) is 23.7 Å². The third-order valence-electron chi connectivity index (χ3n) is 8.25. The molecule has 2 saturated carbocycles. The molecule has 0 radical (unpaired) electrons. The Morgan fingerprint density at radius 3 is 2.11 bits per heavy atom. The Bertz CT molecular complexity index is 466. The summed E-state index contributed by atoms with van der Waals surface area (Å²) < 4.78 is 10.7. The number of hydrogen-bond donors (Lipinski definition) is 2. The first-order valence-corrected chi connectivity index (χ1v) is 12.0. The summed E-state index contributed by atoms with van der Waals surface area (Å²) in [7, 11) is 3.62. The van der Waals surface area contributed by atoms with Gasteiger partial charge in [-0.2, -0.15) is 0 Å². The van der Waals surface area contributed by atoms with Gasteiger partial charge in [-0.05, 0) is 76.3 Å². The van der Waals surface area contributed by atoms with Crippen LogP contribution < -0.4 is 10.6 Å². The van der Waals surface area contributed by atoms with Gasteiger partial charge < -0.3 is 20.1 Å². The standard InChI is InChI=1S/2C12H23NO/c1-12(9-14-2)7-10-5-3-4-6-11(10)8-13-12;1-12(9-14-2)11-6-4-3-5-10(11)7-8-13-12/h2*10-11,13H,3-9H2,1-2H3. The lowest BCUT2D eigenvalue weighted by atomic mass is 9.66. The summed E-state index contributed by atoms with van der Waals surface area (Å²) in [5.74, 6) is 3.73. The first-order valence-electron chi connectivity index (χ1n) is 12.0. The van der Waals surface area contributed by atoms with E-state index in [1.807, 2.05) is 7.11 Å². The fourth-order valence-electron chi connectivity index (χ4n) is 6.80. The molecule has 2 N–H and O–H groups in total. The van der Waals surface area contributed by atoms with Crippen molar-refractivity contribution in [3.05, 3.63) is 0 Å². The molecule has 4 heteroatoms. The topological polar surface area (TPSA) is 42.5 Å². The molecule has 0 amide bonds. The third-order valence-corrected chi connectivity index (χ3v) is 8.25. The zero-order valence-corrected chi connectivity index (χ0v) is 19.0. The van der Waals surface area contributed by atoms with Gasteiger partial charge in [-0.15, -0.1) is 0 Å². The fourth-order valence-corrected chi connectivity index (χ4v) is 6.80. The number of hydrogen-bond acceptors (Lipinski definition) is 4. The van der Waals surface area contributed by atoms with E-state index in [0.29, 0.717) is 0 Å². The molecule has 0 aromatic carbocycles. The Balaban J connectivity index is 0.000000161. The zero-order valence-electron chi connectivity index (χ0n) is 19.0. The van der Waals surface area contributed by atoms with Crippen molar-refractivity contribution < 1.29 is 9.47 Å². The highest BCUT2D eigenvalue weighted by molar-refractivity contribution is 4.99. The number of ether oxygens (including phenoxy) is 2. The largest absolute Gasteiger partial charge is 0.383 e. The maximum absolute atomic E-state index is 5.37. The van der Waals surface area contributed by atoms with Gasteiger partial charge in [-0.1, -0.05) is 38.5 Å². The lowest BCUT2D eigenvalue weighted by Crippen LogP contribution is -2.59. The van der Waals surface area contributed by atoms with Crippen LogP contribution in [0.25, 0.3) is 0 Å². The van der Waals surface area contributed by atoms with Crippen molar-refractivity contribution in [2.75, 3.05) is 40.5 Å². The van der Waals surface area contributed by atoms with E-state index < -0.39 is 0 Å². The highest BCUT2D eigenvalue weighted by Crippen LogP contribution is 2.41. The SMILES string of the molecule is COCC1(C)CC2CCCCC2CN1.COCC1(C)NCCC2CCCCC21. The highest BCUT2D eigenvalue weighted by atomic mass is 16.5. The second kappa shape index (κ2) is 10.2. The third kappa shape index (κ3) is 5.50. The van der Waals surface area contributed by atoms with Crippen molar-refractivity contribution in [2.45, 2.75) is 89.1 Å². The van der Waals surface area contributed by atoms with Gasteiger partial charge in [0.25, 0.3) is 0 Å². The van der Waals surface area contributed by atoms with E-state index in [1.54, 1.807) is 7.11 Å². The zero-order chi connectivity index (χ0) is 20.0. The number of nitrogens with one attached hydrogen (secondary N) is 2. The summed E-state index contributed by atoms with van der Waals surface area (Å²) in [4.78, 5) is 0. The maximum atomic E-state index is 5.37. The van der Waals surface area contributed by atoms with E-state index in [9.17, 15) is 0 Å². The van der Waals surface area contributed by atoms with Crippen LogP contribution in [0.4, 0.5) is 0 Å². The summed E-state index contributed by atoms with van der Waals surface area (Å²) in [6.45, 7) is 8.77. The molecule has 0 bridgehead atoms. The molecular weight excluding hydrogens is 348 g/mol. The number of fused-ring (bicyclic) bond motifs is 2. The molecule has 4 rings (SSSR count). The molecule has 2 heterocycles. The van der Waals surface area contributed by atoms with E-state index >= 15 is 0 Å². The van der Waals surface area contributed by atoms with E-state index in [0.717, 1.165) is 36.9 Å². The van der Waals surface area contributed by atoms with E-state index in [-0.39, 0.29) is 11.1 Å². The Morgan fingerprint density at radius 1 is 0.750 bits per heavy atom. The quantitative estimate of drug-likeness (QED) is 0.742. The minimum atomic E-state index is 0.243. The van der Waals surface area contributed by atoms with Crippen LogP contribution >= 0.6 is 0 Å². The predicted octanol–water partition coefficient (Wildman–Crippen LogP) is 4.38. The molecule has 2 aliphatic heterocycles. The first-order chi connectivity index (χ1) is 13.5. The molecule has 2 saturated heterocycles. The van der Waals surface area contributed by atoms with Crippen molar-refractivity contribution in [1.29, 1.82) is 0 Å². The Kier molecular flexibility index (Phi) is 8.23. The maximum Gasteiger partial charge on any atom is 0.0644 e. The van der Waals surface area contributed by atoms with Crippen LogP contribution in [0.15, 0.2) is 0 Å². The van der Waals surface area contributed by atoms with Crippen LogP contribution in [0.1, 0.15) is 78.1 Å². The van der Waals surface area contributed by atoms with Crippen molar-refractivity contribution in [2.24, 2.45) is 23.7 Å². The summed E-state index contributed by atoms with van der Waals surface area (Å²) in [6.07, 6.45) is 14.2. The summed E-state index contributed by atoms with van der Waals surface area (Å²) in [5.41, 5.74) is 0.491. The molecule has 4 fully saturated rings. The van der Waals surface area contributed by atoms with Gasteiger partial charge in [0, 0.05) is 25.3 Å². The molecule has 6 unspecified atom stereocenters. The van der Waals surface area contributed by atoms with Crippen LogP contribution in [0.3, 0.4) is 0 Å². The molecular formula is C24H46N2O2. The molecule has 0 aromatic heterocycles. The summed E-state index contributed by atoms with van der Waals surface area (Å²) in [5, 5.41) is 7.34. The summed E-state index contributed by atoms with van der Waals surface area (Å²) in [6, 6.07) is 0. The van der Waals surface area contributed by atoms with Gasteiger partial charge in [0.05, 0.1) is 13.2 Å². The number of rotatable bonds is 4. The number of piperidine rings is 2. The van der Waals surface area contributed by atoms with Gasteiger partial charge in [0.1, 0.15) is 0 Å². The fraction of sp³-hybridized carbons (Fsp3) is 1.00. The molecule has 4 aliphatic rings. The van der Waals surface area contributed by atoms with Crippen molar-refractivity contribution >= 4 is 0 Å². The molecule has 164 valence electrons. The molecule has 6 atom stereocenters. The molecule has 2 aliphatic carbocycles. The first kappa shape index (κ1) is 22.5. The second-order valence-corrected chi connectivity index (χ2v) is 10.6. The molecule has 28 heavy (non-hydrogen) atoms. The van der Waals surface area contributed by atoms with Crippen LogP contribution in [0.5, 0.6) is 0 Å². The highest BCUT2D eigenvalue weighted by Gasteiger charge is 2.42. The normalized spacial score (nSPS) is 43.3. The second-order valence-electron chi connectivity index (χ2n) is 10.6. The van der Waals surface area contributed by atoms with Crippen LogP contribution in [0.2, 0.25) is 0 Å². The van der Waals surface area contributed by atoms with Crippen molar-refractivity contribution in [3.8, 4) is 0 Å². The van der Waals surface area contributed by atoms with Crippen molar-refractivity contribution in [1.82, 2.24) is 10.6 Å². The van der Waals surface area contributed by atoms with E-state index in [2.05, 4.69) is 24.5 Å². The van der Waals surface area contributed by atoms with E-state index in [1.165, 1.54) is 77.3 Å².